The van der Waals surface area contributed by atoms with E-state index in [1.165, 1.54) is 24.3 Å². The molecule has 3 aromatic rings. The van der Waals surface area contributed by atoms with Crippen LogP contribution < -0.4 is 10.0 Å². The molecular weight excluding hydrogens is 462 g/mol. The van der Waals surface area contributed by atoms with Crippen LogP contribution in [0.4, 0.5) is 20.2 Å². The lowest BCUT2D eigenvalue weighted by atomic mass is 10.1. The van der Waals surface area contributed by atoms with Gasteiger partial charge < -0.3 is 5.32 Å². The van der Waals surface area contributed by atoms with Crippen molar-refractivity contribution in [2.24, 2.45) is 0 Å². The van der Waals surface area contributed by atoms with Gasteiger partial charge in [-0.15, -0.1) is 11.3 Å². The lowest BCUT2D eigenvalue weighted by Crippen LogP contribution is -2.18. The van der Waals surface area contributed by atoms with Crippen molar-refractivity contribution in [3.05, 3.63) is 75.6 Å². The molecule has 140 valence electrons. The van der Waals surface area contributed by atoms with Gasteiger partial charge in [0.2, 0.25) is 0 Å². The Balaban J connectivity index is 1.91. The summed E-state index contributed by atoms with van der Waals surface area (Å²) in [5, 5.41) is 3.94. The predicted octanol–water partition coefficient (Wildman–Crippen LogP) is 4.84. The molecule has 0 radical (unpaired) electrons. The number of anilines is 2. The van der Waals surface area contributed by atoms with Gasteiger partial charge in [0.05, 0.1) is 16.9 Å². The van der Waals surface area contributed by atoms with E-state index in [0.29, 0.717) is 6.07 Å². The molecule has 1 aromatic heterocycles. The molecule has 0 saturated heterocycles. The average Bonchev–Trinajstić information content (AvgIpc) is 3.13. The quantitative estimate of drug-likeness (QED) is 0.557. The predicted molar refractivity (Wildman–Crippen MR) is 104 cm³/mol. The number of halogens is 3. The minimum absolute atomic E-state index is 0.0185. The second kappa shape index (κ2) is 7.75. The molecule has 0 aliphatic carbocycles. The summed E-state index contributed by atoms with van der Waals surface area (Å²) in [5.41, 5.74) is -0.243. The Morgan fingerprint density at radius 3 is 2.48 bits per heavy atom. The lowest BCUT2D eigenvalue weighted by molar-refractivity contribution is 0.102. The molecule has 0 aliphatic rings. The van der Waals surface area contributed by atoms with Gasteiger partial charge in [-0.25, -0.2) is 17.2 Å². The van der Waals surface area contributed by atoms with Gasteiger partial charge in [0.25, 0.3) is 15.9 Å². The molecule has 27 heavy (non-hydrogen) atoms. The third kappa shape index (κ3) is 4.34. The van der Waals surface area contributed by atoms with Crippen LogP contribution in [0.25, 0.3) is 0 Å². The van der Waals surface area contributed by atoms with Crippen LogP contribution in [0, 0.1) is 11.6 Å². The van der Waals surface area contributed by atoms with Gasteiger partial charge in [-0.05, 0) is 45.6 Å². The highest BCUT2D eigenvalue weighted by Gasteiger charge is 2.21. The number of hydrogen-bond acceptors (Lipinski definition) is 4. The van der Waals surface area contributed by atoms with E-state index in [1.54, 1.807) is 17.5 Å². The number of para-hydroxylation sites is 1. The molecule has 0 bridgehead atoms. The second-order valence-corrected chi connectivity index (χ2v) is 8.99. The first kappa shape index (κ1) is 19.5. The lowest BCUT2D eigenvalue weighted by Gasteiger charge is -2.13. The summed E-state index contributed by atoms with van der Waals surface area (Å²) in [6.07, 6.45) is 0. The summed E-state index contributed by atoms with van der Waals surface area (Å²) in [4.78, 5) is 12.6. The highest BCUT2D eigenvalue weighted by Crippen LogP contribution is 2.29. The zero-order valence-corrected chi connectivity index (χ0v) is 16.6. The summed E-state index contributed by atoms with van der Waals surface area (Å²) >= 11 is 4.02. The molecular formula is C17H11BrF2N2O3S2. The third-order valence-electron chi connectivity index (χ3n) is 3.42. The standard InChI is InChI=1S/C17H11BrF2N2O3S2/c18-12-8-10(19)9-13(20)16(12)21-17(23)11-4-1-2-5-14(11)22-27(24,25)15-6-3-7-26-15/h1-9,22H,(H,21,23). The number of amides is 1. The maximum absolute atomic E-state index is 14.0. The minimum atomic E-state index is -3.87. The first-order valence-electron chi connectivity index (χ1n) is 7.39. The van der Waals surface area contributed by atoms with Crippen LogP contribution >= 0.6 is 27.3 Å². The molecule has 0 fully saturated rings. The largest absolute Gasteiger partial charge is 0.318 e. The van der Waals surface area contributed by atoms with Crippen LogP contribution in [-0.2, 0) is 10.0 Å². The fourth-order valence-electron chi connectivity index (χ4n) is 2.22. The Bertz CT molecular complexity index is 1080. The first-order valence-corrected chi connectivity index (χ1v) is 10.5. The second-order valence-electron chi connectivity index (χ2n) is 5.28. The number of carbonyl (C=O) groups is 1. The maximum Gasteiger partial charge on any atom is 0.271 e. The van der Waals surface area contributed by atoms with Crippen molar-refractivity contribution in [2.45, 2.75) is 4.21 Å². The van der Waals surface area contributed by atoms with Crippen molar-refractivity contribution in [3.8, 4) is 0 Å². The molecule has 0 unspecified atom stereocenters. The highest BCUT2D eigenvalue weighted by atomic mass is 79.9. The summed E-state index contributed by atoms with van der Waals surface area (Å²) in [6, 6.07) is 10.5. The molecule has 1 heterocycles. The van der Waals surface area contributed by atoms with E-state index in [4.69, 9.17) is 0 Å². The monoisotopic (exact) mass is 472 g/mol. The topological polar surface area (TPSA) is 75.3 Å². The van der Waals surface area contributed by atoms with Gasteiger partial charge in [0, 0.05) is 10.5 Å². The molecule has 5 nitrogen and oxygen atoms in total. The molecule has 0 aliphatic heterocycles. The van der Waals surface area contributed by atoms with E-state index < -0.39 is 27.6 Å². The molecule has 0 saturated carbocycles. The van der Waals surface area contributed by atoms with Gasteiger partial charge in [-0.3, -0.25) is 9.52 Å². The fourth-order valence-corrected chi connectivity index (χ4v) is 4.80. The first-order chi connectivity index (χ1) is 12.8. The van der Waals surface area contributed by atoms with Gasteiger partial charge in [0.15, 0.2) is 5.82 Å². The zero-order valence-electron chi connectivity index (χ0n) is 13.4. The summed E-state index contributed by atoms with van der Waals surface area (Å²) in [7, 11) is -3.87. The van der Waals surface area contributed by atoms with E-state index in [9.17, 15) is 22.0 Å². The Labute approximate surface area is 166 Å². The van der Waals surface area contributed by atoms with Crippen LogP contribution in [0.15, 0.2) is 62.6 Å². The Morgan fingerprint density at radius 2 is 1.81 bits per heavy atom. The van der Waals surface area contributed by atoms with E-state index in [0.717, 1.165) is 17.4 Å². The van der Waals surface area contributed by atoms with Crippen molar-refractivity contribution in [1.29, 1.82) is 0 Å². The van der Waals surface area contributed by atoms with Crippen LogP contribution in [0.5, 0.6) is 0 Å². The fraction of sp³-hybridized carbons (Fsp3) is 0. The van der Waals surface area contributed by atoms with E-state index in [1.807, 2.05) is 0 Å². The van der Waals surface area contributed by atoms with Gasteiger partial charge in [0.1, 0.15) is 10.0 Å². The van der Waals surface area contributed by atoms with Crippen molar-refractivity contribution >= 4 is 54.6 Å². The summed E-state index contributed by atoms with van der Waals surface area (Å²) in [5.74, 6) is -2.53. The Kier molecular flexibility index (Phi) is 5.59. The summed E-state index contributed by atoms with van der Waals surface area (Å²) < 4.78 is 54.4. The van der Waals surface area contributed by atoms with Crippen molar-refractivity contribution in [1.82, 2.24) is 0 Å². The number of nitrogens with one attached hydrogen (secondary N) is 2. The molecule has 1 amide bonds. The Morgan fingerprint density at radius 1 is 1.07 bits per heavy atom. The van der Waals surface area contributed by atoms with Crippen molar-refractivity contribution in [3.63, 3.8) is 0 Å². The summed E-state index contributed by atoms with van der Waals surface area (Å²) in [6.45, 7) is 0. The highest BCUT2D eigenvalue weighted by molar-refractivity contribution is 9.10. The van der Waals surface area contributed by atoms with E-state index >= 15 is 0 Å². The number of carbonyl (C=O) groups excluding carboxylic acids is 1. The molecule has 2 N–H and O–H groups in total. The maximum atomic E-state index is 14.0. The number of benzene rings is 2. The minimum Gasteiger partial charge on any atom is -0.318 e. The number of sulfonamides is 1. The molecule has 0 spiro atoms. The van der Waals surface area contributed by atoms with Gasteiger partial charge >= 0.3 is 0 Å². The number of hydrogen-bond donors (Lipinski definition) is 2. The normalized spacial score (nSPS) is 11.2. The smallest absolute Gasteiger partial charge is 0.271 e. The molecule has 0 atom stereocenters. The Hall–Kier alpha value is -2.30. The molecule has 10 heteroatoms. The van der Waals surface area contributed by atoms with Crippen molar-refractivity contribution < 1.29 is 22.0 Å². The zero-order chi connectivity index (χ0) is 19.6. The van der Waals surface area contributed by atoms with Crippen molar-refractivity contribution in [2.75, 3.05) is 10.0 Å². The van der Waals surface area contributed by atoms with Gasteiger partial charge in [-0.1, -0.05) is 18.2 Å². The number of thiophene rings is 1. The average molecular weight is 473 g/mol. The van der Waals surface area contributed by atoms with E-state index in [-0.39, 0.29) is 25.6 Å². The van der Waals surface area contributed by atoms with Crippen LogP contribution in [-0.4, -0.2) is 14.3 Å². The third-order valence-corrected chi connectivity index (χ3v) is 6.81. The van der Waals surface area contributed by atoms with Crippen LogP contribution in [0.3, 0.4) is 0 Å². The van der Waals surface area contributed by atoms with Gasteiger partial charge in [-0.2, -0.15) is 0 Å². The molecule has 2 aromatic carbocycles. The SMILES string of the molecule is O=C(Nc1c(F)cc(F)cc1Br)c1ccccc1NS(=O)(=O)c1cccs1. The van der Waals surface area contributed by atoms with E-state index in [2.05, 4.69) is 26.0 Å². The van der Waals surface area contributed by atoms with Crippen LogP contribution in [0.2, 0.25) is 0 Å². The number of rotatable bonds is 5. The molecule has 3 rings (SSSR count). The van der Waals surface area contributed by atoms with Crippen LogP contribution in [0.1, 0.15) is 10.4 Å².